The second-order valence-electron chi connectivity index (χ2n) is 6.63. The fourth-order valence-corrected chi connectivity index (χ4v) is 3.85. The van der Waals surface area contributed by atoms with Crippen LogP contribution in [0, 0.1) is 20.8 Å². The molecule has 5 nitrogen and oxygen atoms in total. The van der Waals surface area contributed by atoms with Crippen LogP contribution in [-0.4, -0.2) is 26.4 Å². The average molecular weight is 381 g/mol. The molecular weight excluding hydrogens is 356 g/mol. The van der Waals surface area contributed by atoms with Crippen LogP contribution in [0.3, 0.4) is 0 Å². The van der Waals surface area contributed by atoms with Gasteiger partial charge in [0.25, 0.3) is 0 Å². The number of amides is 1. The van der Waals surface area contributed by atoms with Crippen LogP contribution in [-0.2, 0) is 11.3 Å². The number of rotatable bonds is 6. The molecule has 0 fully saturated rings. The molecule has 0 atom stereocenters. The first-order valence-corrected chi connectivity index (χ1v) is 9.96. The van der Waals surface area contributed by atoms with Crippen molar-refractivity contribution in [2.24, 2.45) is 0 Å². The van der Waals surface area contributed by atoms with Gasteiger partial charge in [0.2, 0.25) is 5.91 Å². The molecule has 3 rings (SSSR count). The minimum absolute atomic E-state index is 0.0484. The van der Waals surface area contributed by atoms with E-state index >= 15 is 0 Å². The SMILES string of the molecule is CCn1c(SCC(=O)Nc2cc(C)cc(C)c2)nnc1-c1cccc(C)c1. The summed E-state index contributed by atoms with van der Waals surface area (Å²) >= 11 is 1.40. The van der Waals surface area contributed by atoms with Gasteiger partial charge in [-0.15, -0.1) is 10.2 Å². The second kappa shape index (κ2) is 8.39. The van der Waals surface area contributed by atoms with Gasteiger partial charge in [-0.3, -0.25) is 4.79 Å². The first-order valence-electron chi connectivity index (χ1n) is 8.97. The molecule has 2 aromatic carbocycles. The molecule has 0 unspecified atom stereocenters. The van der Waals surface area contributed by atoms with Crippen molar-refractivity contribution >= 4 is 23.4 Å². The molecule has 0 aliphatic carbocycles. The van der Waals surface area contributed by atoms with Crippen molar-refractivity contribution in [3.8, 4) is 11.4 Å². The molecule has 0 radical (unpaired) electrons. The van der Waals surface area contributed by atoms with Gasteiger partial charge in [0, 0.05) is 17.8 Å². The molecule has 1 heterocycles. The van der Waals surface area contributed by atoms with Crippen LogP contribution in [0.4, 0.5) is 5.69 Å². The number of aromatic nitrogens is 3. The molecular formula is C21H24N4OS. The Balaban J connectivity index is 1.70. The van der Waals surface area contributed by atoms with Crippen molar-refractivity contribution in [1.82, 2.24) is 14.8 Å². The molecule has 140 valence electrons. The van der Waals surface area contributed by atoms with E-state index in [0.717, 1.165) is 39.9 Å². The van der Waals surface area contributed by atoms with Crippen molar-refractivity contribution < 1.29 is 4.79 Å². The summed E-state index contributed by atoms with van der Waals surface area (Å²) in [6.07, 6.45) is 0. The fourth-order valence-electron chi connectivity index (χ4n) is 3.05. The number of nitrogens with zero attached hydrogens (tertiary/aromatic N) is 3. The standard InChI is InChI=1S/C21H24N4OS/c1-5-25-20(17-8-6-7-14(2)10-17)23-24-21(25)27-13-19(26)22-18-11-15(3)9-16(4)12-18/h6-12H,5,13H2,1-4H3,(H,22,26). The zero-order valence-electron chi connectivity index (χ0n) is 16.1. The minimum Gasteiger partial charge on any atom is -0.325 e. The zero-order valence-corrected chi connectivity index (χ0v) is 16.9. The van der Waals surface area contributed by atoms with E-state index < -0.39 is 0 Å². The largest absolute Gasteiger partial charge is 0.325 e. The number of hydrogen-bond donors (Lipinski definition) is 1. The number of benzene rings is 2. The Morgan fingerprint density at radius 2 is 1.78 bits per heavy atom. The molecule has 3 aromatic rings. The Kier molecular flexibility index (Phi) is 5.96. The lowest BCUT2D eigenvalue weighted by Crippen LogP contribution is -2.15. The van der Waals surface area contributed by atoms with Crippen LogP contribution in [0.5, 0.6) is 0 Å². The van der Waals surface area contributed by atoms with Crippen LogP contribution in [0.15, 0.2) is 47.6 Å². The number of thioether (sulfide) groups is 1. The highest BCUT2D eigenvalue weighted by molar-refractivity contribution is 7.99. The summed E-state index contributed by atoms with van der Waals surface area (Å²) in [6, 6.07) is 14.2. The van der Waals surface area contributed by atoms with Gasteiger partial charge in [0.05, 0.1) is 5.75 Å². The first kappa shape index (κ1) is 19.2. The van der Waals surface area contributed by atoms with E-state index in [4.69, 9.17) is 0 Å². The Labute approximate surface area is 164 Å². The van der Waals surface area contributed by atoms with Gasteiger partial charge in [-0.1, -0.05) is 41.6 Å². The molecule has 1 amide bonds. The maximum Gasteiger partial charge on any atom is 0.234 e. The normalized spacial score (nSPS) is 10.8. The predicted octanol–water partition coefficient (Wildman–Crippen LogP) is 4.62. The van der Waals surface area contributed by atoms with E-state index in [2.05, 4.69) is 47.6 Å². The van der Waals surface area contributed by atoms with Gasteiger partial charge in [0.15, 0.2) is 11.0 Å². The molecule has 1 aromatic heterocycles. The van der Waals surface area contributed by atoms with Crippen LogP contribution in [0.2, 0.25) is 0 Å². The summed E-state index contributed by atoms with van der Waals surface area (Å²) in [7, 11) is 0. The van der Waals surface area contributed by atoms with E-state index in [0.29, 0.717) is 5.75 Å². The summed E-state index contributed by atoms with van der Waals surface area (Å²) < 4.78 is 2.05. The lowest BCUT2D eigenvalue weighted by molar-refractivity contribution is -0.113. The Morgan fingerprint density at radius 3 is 2.44 bits per heavy atom. The first-order chi connectivity index (χ1) is 13.0. The van der Waals surface area contributed by atoms with Gasteiger partial charge in [-0.25, -0.2) is 0 Å². The molecule has 0 saturated heterocycles. The van der Waals surface area contributed by atoms with E-state index in [9.17, 15) is 4.79 Å². The summed E-state index contributed by atoms with van der Waals surface area (Å²) in [5, 5.41) is 12.4. The minimum atomic E-state index is -0.0484. The zero-order chi connectivity index (χ0) is 19.4. The molecule has 0 spiro atoms. The number of nitrogens with one attached hydrogen (secondary N) is 1. The van der Waals surface area contributed by atoms with Crippen LogP contribution < -0.4 is 5.32 Å². The second-order valence-corrected chi connectivity index (χ2v) is 7.58. The molecule has 0 aliphatic rings. The lowest BCUT2D eigenvalue weighted by Gasteiger charge is -2.09. The smallest absolute Gasteiger partial charge is 0.234 e. The highest BCUT2D eigenvalue weighted by atomic mass is 32.2. The number of carbonyl (C=O) groups excluding carboxylic acids is 1. The van der Waals surface area contributed by atoms with Crippen molar-refractivity contribution in [1.29, 1.82) is 0 Å². The van der Waals surface area contributed by atoms with Gasteiger partial charge in [-0.05, 0) is 57.0 Å². The van der Waals surface area contributed by atoms with E-state index in [1.54, 1.807) is 0 Å². The van der Waals surface area contributed by atoms with Gasteiger partial charge in [0.1, 0.15) is 0 Å². The Morgan fingerprint density at radius 1 is 1.04 bits per heavy atom. The van der Waals surface area contributed by atoms with Crippen LogP contribution in [0.1, 0.15) is 23.6 Å². The third kappa shape index (κ3) is 4.77. The van der Waals surface area contributed by atoms with Crippen molar-refractivity contribution in [3.05, 3.63) is 59.2 Å². The third-order valence-electron chi connectivity index (χ3n) is 4.15. The number of aryl methyl sites for hydroxylation is 3. The maximum atomic E-state index is 12.3. The van der Waals surface area contributed by atoms with Gasteiger partial charge < -0.3 is 9.88 Å². The summed E-state index contributed by atoms with van der Waals surface area (Å²) in [5.41, 5.74) is 5.31. The molecule has 1 N–H and O–H groups in total. The highest BCUT2D eigenvalue weighted by Crippen LogP contribution is 2.25. The van der Waals surface area contributed by atoms with E-state index in [-0.39, 0.29) is 5.91 Å². The molecule has 0 saturated carbocycles. The topological polar surface area (TPSA) is 59.8 Å². The van der Waals surface area contributed by atoms with Crippen molar-refractivity contribution in [2.75, 3.05) is 11.1 Å². The monoisotopic (exact) mass is 380 g/mol. The highest BCUT2D eigenvalue weighted by Gasteiger charge is 2.15. The van der Waals surface area contributed by atoms with Gasteiger partial charge in [-0.2, -0.15) is 0 Å². The number of carbonyl (C=O) groups is 1. The van der Waals surface area contributed by atoms with E-state index in [1.165, 1.54) is 17.3 Å². The Hall–Kier alpha value is -2.60. The summed E-state index contributed by atoms with van der Waals surface area (Å²) in [4.78, 5) is 12.3. The van der Waals surface area contributed by atoms with Crippen LogP contribution >= 0.6 is 11.8 Å². The lowest BCUT2D eigenvalue weighted by atomic mass is 10.1. The Bertz CT molecular complexity index is 944. The van der Waals surface area contributed by atoms with Gasteiger partial charge >= 0.3 is 0 Å². The van der Waals surface area contributed by atoms with Crippen LogP contribution in [0.25, 0.3) is 11.4 Å². The molecule has 27 heavy (non-hydrogen) atoms. The predicted molar refractivity (Wildman–Crippen MR) is 111 cm³/mol. The maximum absolute atomic E-state index is 12.3. The fraction of sp³-hybridized carbons (Fsp3) is 0.286. The average Bonchev–Trinajstić information content (AvgIpc) is 3.02. The number of hydrogen-bond acceptors (Lipinski definition) is 4. The molecule has 6 heteroatoms. The summed E-state index contributed by atoms with van der Waals surface area (Å²) in [6.45, 7) is 8.91. The number of anilines is 1. The summed E-state index contributed by atoms with van der Waals surface area (Å²) in [5.74, 6) is 1.07. The quantitative estimate of drug-likeness (QED) is 0.634. The van der Waals surface area contributed by atoms with Crippen molar-refractivity contribution in [3.63, 3.8) is 0 Å². The third-order valence-corrected chi connectivity index (χ3v) is 5.11. The van der Waals surface area contributed by atoms with E-state index in [1.807, 2.05) is 42.7 Å². The van der Waals surface area contributed by atoms with Crippen molar-refractivity contribution in [2.45, 2.75) is 39.4 Å². The molecule has 0 bridgehead atoms. The molecule has 0 aliphatic heterocycles.